The molecule has 3 rings (SSSR count). The topological polar surface area (TPSA) is 48.5 Å². The molecule has 1 amide bonds. The second kappa shape index (κ2) is 9.00. The van der Waals surface area contributed by atoms with Crippen molar-refractivity contribution in [3.05, 3.63) is 58.7 Å². The number of amides is 1. The minimum Gasteiger partial charge on any atom is -0.354 e. The first kappa shape index (κ1) is 21.4. The summed E-state index contributed by atoms with van der Waals surface area (Å²) in [5.41, 5.74) is 0.102. The first-order chi connectivity index (χ1) is 13.7. The van der Waals surface area contributed by atoms with Gasteiger partial charge in [-0.2, -0.15) is 13.2 Å². The second-order valence-electron chi connectivity index (χ2n) is 6.98. The minimum absolute atomic E-state index is 0.0986. The average Bonchev–Trinajstić information content (AvgIpc) is 2.68. The molecule has 2 heterocycles. The van der Waals surface area contributed by atoms with Gasteiger partial charge in [0.15, 0.2) is 0 Å². The number of carbonyl (C=O) groups excluding carboxylic acids is 1. The van der Waals surface area contributed by atoms with Gasteiger partial charge in [0.2, 0.25) is 5.91 Å². The molecule has 29 heavy (non-hydrogen) atoms. The number of anilines is 1. The number of nitrogens with one attached hydrogen (secondary N) is 1. The minimum atomic E-state index is -4.39. The van der Waals surface area contributed by atoms with Crippen LogP contribution in [-0.2, 0) is 11.0 Å². The molecule has 0 radical (unpaired) electrons. The number of hydrogen-bond acceptors (Lipinski definition) is 4. The highest BCUT2D eigenvalue weighted by Gasteiger charge is 2.31. The number of alkyl halides is 3. The zero-order valence-electron chi connectivity index (χ0n) is 15.9. The van der Waals surface area contributed by atoms with E-state index in [0.29, 0.717) is 37.0 Å². The van der Waals surface area contributed by atoms with Gasteiger partial charge >= 0.3 is 6.18 Å². The molecule has 1 aliphatic heterocycles. The van der Waals surface area contributed by atoms with Gasteiger partial charge in [-0.1, -0.05) is 29.8 Å². The lowest BCUT2D eigenvalue weighted by Gasteiger charge is -2.35. The van der Waals surface area contributed by atoms with E-state index in [1.807, 2.05) is 34.9 Å². The number of halogens is 4. The summed E-state index contributed by atoms with van der Waals surface area (Å²) in [4.78, 5) is 20.2. The summed E-state index contributed by atoms with van der Waals surface area (Å²) in [7, 11) is 0. The van der Waals surface area contributed by atoms with Crippen LogP contribution in [0.4, 0.5) is 19.0 Å². The quantitative estimate of drug-likeness (QED) is 0.791. The van der Waals surface area contributed by atoms with E-state index < -0.39 is 11.7 Å². The van der Waals surface area contributed by atoms with Crippen molar-refractivity contribution in [2.75, 3.05) is 37.6 Å². The molecule has 0 saturated carbocycles. The standard InChI is InChI=1S/C20H22ClF3N4O/c1-14(16-4-2-3-5-17(16)21)26-19(29)13-27-8-10-28(11-9-27)18-7-6-15(12-25-18)20(22,23)24/h2-7,12,14H,8-11,13H2,1H3,(H,26,29)/t14-/m1/s1. The third-order valence-electron chi connectivity index (χ3n) is 4.89. The number of pyridine rings is 1. The first-order valence-corrected chi connectivity index (χ1v) is 9.66. The number of rotatable bonds is 5. The van der Waals surface area contributed by atoms with E-state index in [1.165, 1.54) is 6.07 Å². The maximum Gasteiger partial charge on any atom is 0.417 e. The molecule has 0 unspecified atom stereocenters. The summed E-state index contributed by atoms with van der Waals surface area (Å²) in [5, 5.41) is 3.56. The Labute approximate surface area is 172 Å². The molecule has 1 aliphatic rings. The third-order valence-corrected chi connectivity index (χ3v) is 5.23. The van der Waals surface area contributed by atoms with Crippen molar-refractivity contribution in [3.63, 3.8) is 0 Å². The number of piperazine rings is 1. The SMILES string of the molecule is C[C@@H](NC(=O)CN1CCN(c2ccc(C(F)(F)F)cn2)CC1)c1ccccc1Cl. The predicted molar refractivity (Wildman–Crippen MR) is 106 cm³/mol. The number of hydrogen-bond donors (Lipinski definition) is 1. The predicted octanol–water partition coefficient (Wildman–Crippen LogP) is 3.75. The molecule has 1 aromatic heterocycles. The highest BCUT2D eigenvalue weighted by molar-refractivity contribution is 6.31. The molecule has 156 valence electrons. The Morgan fingerprint density at radius 3 is 2.45 bits per heavy atom. The Balaban J connectivity index is 1.48. The Morgan fingerprint density at radius 2 is 1.86 bits per heavy atom. The third kappa shape index (κ3) is 5.61. The summed E-state index contributed by atoms with van der Waals surface area (Å²) < 4.78 is 37.9. The fraction of sp³-hybridized carbons (Fsp3) is 0.400. The molecular weight excluding hydrogens is 405 g/mol. The van der Waals surface area contributed by atoms with Crippen LogP contribution in [0.5, 0.6) is 0 Å². The van der Waals surface area contributed by atoms with Crippen LogP contribution in [0.2, 0.25) is 5.02 Å². The summed E-state index contributed by atoms with van der Waals surface area (Å²) in [6, 6.07) is 9.60. The van der Waals surface area contributed by atoms with Gasteiger partial charge in [0.05, 0.1) is 18.2 Å². The van der Waals surface area contributed by atoms with E-state index in [4.69, 9.17) is 11.6 Å². The molecular formula is C20H22ClF3N4O. The molecule has 0 aliphatic carbocycles. The average molecular weight is 427 g/mol. The lowest BCUT2D eigenvalue weighted by molar-refractivity contribution is -0.137. The lowest BCUT2D eigenvalue weighted by atomic mass is 10.1. The van der Waals surface area contributed by atoms with Crippen molar-refractivity contribution in [3.8, 4) is 0 Å². The Kier molecular flexibility index (Phi) is 6.64. The summed E-state index contributed by atoms with van der Waals surface area (Å²) in [6.45, 7) is 4.56. The number of aromatic nitrogens is 1. The smallest absolute Gasteiger partial charge is 0.354 e. The Morgan fingerprint density at radius 1 is 1.17 bits per heavy atom. The maximum atomic E-state index is 12.6. The summed E-state index contributed by atoms with van der Waals surface area (Å²) in [6.07, 6.45) is -3.54. The van der Waals surface area contributed by atoms with Crippen LogP contribution in [0.15, 0.2) is 42.6 Å². The van der Waals surface area contributed by atoms with Crippen LogP contribution in [0, 0.1) is 0 Å². The van der Waals surface area contributed by atoms with E-state index in [1.54, 1.807) is 6.07 Å². The van der Waals surface area contributed by atoms with Crippen LogP contribution in [0.3, 0.4) is 0 Å². The highest BCUT2D eigenvalue weighted by atomic mass is 35.5. The fourth-order valence-corrected chi connectivity index (χ4v) is 3.57. The Hall–Kier alpha value is -2.32. The van der Waals surface area contributed by atoms with E-state index in [0.717, 1.165) is 17.8 Å². The van der Waals surface area contributed by atoms with Gasteiger partial charge in [0, 0.05) is 37.4 Å². The van der Waals surface area contributed by atoms with Crippen LogP contribution >= 0.6 is 11.6 Å². The van der Waals surface area contributed by atoms with Gasteiger partial charge in [0.25, 0.3) is 0 Å². The van der Waals surface area contributed by atoms with Gasteiger partial charge in [-0.05, 0) is 30.7 Å². The van der Waals surface area contributed by atoms with Crippen LogP contribution in [0.1, 0.15) is 24.1 Å². The van der Waals surface area contributed by atoms with Gasteiger partial charge < -0.3 is 10.2 Å². The fourth-order valence-electron chi connectivity index (χ4n) is 3.27. The van der Waals surface area contributed by atoms with E-state index in [2.05, 4.69) is 10.3 Å². The molecule has 1 N–H and O–H groups in total. The van der Waals surface area contributed by atoms with Crippen molar-refractivity contribution < 1.29 is 18.0 Å². The van der Waals surface area contributed by atoms with Crippen LogP contribution in [0.25, 0.3) is 0 Å². The molecule has 0 bridgehead atoms. The zero-order chi connectivity index (χ0) is 21.0. The van der Waals surface area contributed by atoms with Gasteiger partial charge in [-0.25, -0.2) is 4.98 Å². The molecule has 0 spiro atoms. The number of carbonyl (C=O) groups is 1. The van der Waals surface area contributed by atoms with Crippen molar-refractivity contribution in [2.45, 2.75) is 19.1 Å². The normalized spacial score (nSPS) is 16.5. The lowest BCUT2D eigenvalue weighted by Crippen LogP contribution is -2.50. The molecule has 1 saturated heterocycles. The zero-order valence-corrected chi connectivity index (χ0v) is 16.7. The monoisotopic (exact) mass is 426 g/mol. The van der Waals surface area contributed by atoms with Crippen molar-refractivity contribution in [2.24, 2.45) is 0 Å². The highest BCUT2D eigenvalue weighted by Crippen LogP contribution is 2.29. The molecule has 1 atom stereocenters. The summed E-state index contributed by atoms with van der Waals surface area (Å²) in [5.74, 6) is 0.410. The Bertz CT molecular complexity index is 836. The number of nitrogens with zero attached hydrogens (tertiary/aromatic N) is 3. The van der Waals surface area contributed by atoms with Gasteiger partial charge in [-0.15, -0.1) is 0 Å². The van der Waals surface area contributed by atoms with Crippen LogP contribution in [-0.4, -0.2) is 48.5 Å². The van der Waals surface area contributed by atoms with Crippen molar-refractivity contribution in [1.29, 1.82) is 0 Å². The first-order valence-electron chi connectivity index (χ1n) is 9.28. The molecule has 5 nitrogen and oxygen atoms in total. The largest absolute Gasteiger partial charge is 0.417 e. The van der Waals surface area contributed by atoms with E-state index in [9.17, 15) is 18.0 Å². The van der Waals surface area contributed by atoms with Gasteiger partial charge in [0.1, 0.15) is 5.82 Å². The molecule has 2 aromatic rings. The van der Waals surface area contributed by atoms with E-state index >= 15 is 0 Å². The number of benzene rings is 1. The van der Waals surface area contributed by atoms with E-state index in [-0.39, 0.29) is 18.5 Å². The maximum absolute atomic E-state index is 12.6. The molecule has 9 heteroatoms. The summed E-state index contributed by atoms with van der Waals surface area (Å²) >= 11 is 6.17. The van der Waals surface area contributed by atoms with Gasteiger partial charge in [-0.3, -0.25) is 9.69 Å². The molecule has 1 aromatic carbocycles. The van der Waals surface area contributed by atoms with Crippen molar-refractivity contribution >= 4 is 23.3 Å². The van der Waals surface area contributed by atoms with Crippen molar-refractivity contribution in [1.82, 2.24) is 15.2 Å². The van der Waals surface area contributed by atoms with Crippen LogP contribution < -0.4 is 10.2 Å². The molecule has 1 fully saturated rings. The second-order valence-corrected chi connectivity index (χ2v) is 7.38.